The molecule has 1 aromatic carbocycles. The predicted molar refractivity (Wildman–Crippen MR) is 79.3 cm³/mol. The molecule has 0 amide bonds. The van der Waals surface area contributed by atoms with Crippen LogP contribution >= 0.6 is 11.8 Å². The number of imidazole rings is 1. The van der Waals surface area contributed by atoms with Crippen LogP contribution < -0.4 is 0 Å². The number of aryl methyl sites for hydroxylation is 1. The summed E-state index contributed by atoms with van der Waals surface area (Å²) in [5.41, 5.74) is 3.03. The molecule has 0 saturated carbocycles. The van der Waals surface area contributed by atoms with Crippen molar-refractivity contribution in [2.75, 3.05) is 12.9 Å². The summed E-state index contributed by atoms with van der Waals surface area (Å²) in [5.74, 6) is -0.839. The Balaban J connectivity index is 2.41. The number of thioether (sulfide) groups is 1. The molecular formula is C14H18N2O3S. The molecule has 0 aliphatic carbocycles. The van der Waals surface area contributed by atoms with Crippen molar-refractivity contribution < 1.29 is 14.6 Å². The van der Waals surface area contributed by atoms with E-state index < -0.39 is 5.97 Å². The first-order valence-electron chi connectivity index (χ1n) is 6.35. The summed E-state index contributed by atoms with van der Waals surface area (Å²) in [6.07, 6.45) is 0.0397. The number of benzene rings is 1. The van der Waals surface area contributed by atoms with Crippen molar-refractivity contribution in [2.45, 2.75) is 31.7 Å². The van der Waals surface area contributed by atoms with E-state index in [-0.39, 0.29) is 11.9 Å². The van der Waals surface area contributed by atoms with Gasteiger partial charge in [-0.15, -0.1) is 0 Å². The molecule has 1 heterocycles. The van der Waals surface area contributed by atoms with Crippen molar-refractivity contribution in [1.82, 2.24) is 9.55 Å². The highest BCUT2D eigenvalue weighted by Gasteiger charge is 2.14. The van der Waals surface area contributed by atoms with Crippen LogP contribution in [0.25, 0.3) is 11.0 Å². The van der Waals surface area contributed by atoms with Crippen molar-refractivity contribution in [3.8, 4) is 0 Å². The van der Waals surface area contributed by atoms with Crippen LogP contribution in [0.1, 0.15) is 12.5 Å². The average Bonchev–Trinajstić information content (AvgIpc) is 2.73. The molecule has 0 fully saturated rings. The summed E-state index contributed by atoms with van der Waals surface area (Å²) < 4.78 is 7.33. The molecule has 2 aromatic rings. The number of ether oxygens (including phenoxy) is 1. The Morgan fingerprint density at radius 1 is 1.55 bits per heavy atom. The van der Waals surface area contributed by atoms with Crippen LogP contribution in [0.4, 0.5) is 0 Å². The number of carboxylic acid groups (broad SMARTS) is 1. The molecule has 0 saturated heterocycles. The van der Waals surface area contributed by atoms with Crippen LogP contribution in [0, 0.1) is 6.92 Å². The van der Waals surface area contributed by atoms with Crippen LogP contribution in [-0.4, -0.2) is 39.6 Å². The Labute approximate surface area is 121 Å². The van der Waals surface area contributed by atoms with Gasteiger partial charge in [0.2, 0.25) is 0 Å². The lowest BCUT2D eigenvalue weighted by molar-refractivity contribution is -0.133. The fraction of sp³-hybridized carbons (Fsp3) is 0.429. The summed E-state index contributed by atoms with van der Waals surface area (Å²) in [5, 5.41) is 9.55. The number of carbonyl (C=O) groups is 1. The highest BCUT2D eigenvalue weighted by molar-refractivity contribution is 7.99. The van der Waals surface area contributed by atoms with Gasteiger partial charge in [0.25, 0.3) is 0 Å². The van der Waals surface area contributed by atoms with E-state index in [0.717, 1.165) is 21.8 Å². The fourth-order valence-corrected chi connectivity index (χ4v) is 2.71. The first kappa shape index (κ1) is 14.9. The van der Waals surface area contributed by atoms with Crippen molar-refractivity contribution in [3.63, 3.8) is 0 Å². The van der Waals surface area contributed by atoms with Crippen molar-refractivity contribution in [3.05, 3.63) is 23.8 Å². The van der Waals surface area contributed by atoms with E-state index in [4.69, 9.17) is 9.84 Å². The maximum absolute atomic E-state index is 10.7. The van der Waals surface area contributed by atoms with Gasteiger partial charge in [0.1, 0.15) is 0 Å². The van der Waals surface area contributed by atoms with Gasteiger partial charge in [-0.1, -0.05) is 17.8 Å². The lowest BCUT2D eigenvalue weighted by Gasteiger charge is -2.13. The number of hydrogen-bond donors (Lipinski definition) is 1. The smallest absolute Gasteiger partial charge is 0.313 e. The van der Waals surface area contributed by atoms with E-state index in [2.05, 4.69) is 4.98 Å². The third kappa shape index (κ3) is 3.32. The molecule has 1 N–H and O–H groups in total. The first-order valence-corrected chi connectivity index (χ1v) is 7.34. The van der Waals surface area contributed by atoms with E-state index in [0.29, 0.717) is 6.54 Å². The number of aromatic nitrogens is 2. The quantitative estimate of drug-likeness (QED) is 0.829. The van der Waals surface area contributed by atoms with Crippen molar-refractivity contribution >= 4 is 28.8 Å². The van der Waals surface area contributed by atoms with Crippen LogP contribution in [0.3, 0.4) is 0 Å². The number of carboxylic acids is 1. The highest BCUT2D eigenvalue weighted by atomic mass is 32.2. The van der Waals surface area contributed by atoms with Gasteiger partial charge < -0.3 is 14.4 Å². The lowest BCUT2D eigenvalue weighted by atomic mass is 10.2. The Morgan fingerprint density at radius 3 is 2.95 bits per heavy atom. The van der Waals surface area contributed by atoms with Gasteiger partial charge in [0.05, 0.1) is 29.4 Å². The molecule has 0 spiro atoms. The van der Waals surface area contributed by atoms with Gasteiger partial charge in [-0.05, 0) is 31.5 Å². The molecule has 108 valence electrons. The minimum Gasteiger partial charge on any atom is -0.481 e. The minimum atomic E-state index is -0.843. The van der Waals surface area contributed by atoms with E-state index in [1.165, 1.54) is 11.8 Å². The van der Waals surface area contributed by atoms with Crippen molar-refractivity contribution in [2.24, 2.45) is 0 Å². The zero-order valence-electron chi connectivity index (χ0n) is 11.8. The fourth-order valence-electron chi connectivity index (χ4n) is 1.96. The molecule has 20 heavy (non-hydrogen) atoms. The summed E-state index contributed by atoms with van der Waals surface area (Å²) in [6.45, 7) is 4.64. The standard InChI is InChI=1S/C14H18N2O3S/c1-9-4-5-12-11(6-9)15-14(20-8-13(17)18)16(12)7-10(2)19-3/h4-6,10H,7-8H2,1-3H3,(H,17,18). The number of rotatable bonds is 6. The van der Waals surface area contributed by atoms with E-state index in [1.54, 1.807) is 7.11 Å². The molecule has 0 radical (unpaired) electrons. The first-order chi connectivity index (χ1) is 9.51. The molecule has 6 heteroatoms. The molecule has 2 rings (SSSR count). The van der Waals surface area contributed by atoms with Crippen LogP contribution in [0.5, 0.6) is 0 Å². The van der Waals surface area contributed by atoms with Gasteiger partial charge >= 0.3 is 5.97 Å². The summed E-state index contributed by atoms with van der Waals surface area (Å²) in [6, 6.07) is 6.06. The molecule has 0 aliphatic rings. The topological polar surface area (TPSA) is 64.3 Å². The SMILES string of the molecule is COC(C)Cn1c(SCC(=O)O)nc2cc(C)ccc21. The Bertz CT molecular complexity index is 624. The van der Waals surface area contributed by atoms with Crippen LogP contribution in [-0.2, 0) is 16.1 Å². The highest BCUT2D eigenvalue weighted by Crippen LogP contribution is 2.25. The van der Waals surface area contributed by atoms with E-state index in [1.807, 2.05) is 36.6 Å². The maximum Gasteiger partial charge on any atom is 0.313 e. The molecule has 1 aromatic heterocycles. The number of methoxy groups -OCH3 is 1. The number of fused-ring (bicyclic) bond motifs is 1. The van der Waals surface area contributed by atoms with Gasteiger partial charge in [0.15, 0.2) is 5.16 Å². The molecule has 5 nitrogen and oxygen atoms in total. The number of aliphatic carboxylic acids is 1. The second-order valence-corrected chi connectivity index (χ2v) is 5.67. The zero-order chi connectivity index (χ0) is 14.7. The second kappa shape index (κ2) is 6.28. The molecule has 1 atom stereocenters. The number of hydrogen-bond acceptors (Lipinski definition) is 4. The lowest BCUT2D eigenvalue weighted by Crippen LogP contribution is -2.15. The third-order valence-corrected chi connectivity index (χ3v) is 4.00. The number of nitrogens with zero attached hydrogens (tertiary/aromatic N) is 2. The largest absolute Gasteiger partial charge is 0.481 e. The second-order valence-electron chi connectivity index (χ2n) is 4.73. The average molecular weight is 294 g/mol. The van der Waals surface area contributed by atoms with Crippen molar-refractivity contribution in [1.29, 1.82) is 0 Å². The Morgan fingerprint density at radius 2 is 2.30 bits per heavy atom. The Hall–Kier alpha value is -1.53. The predicted octanol–water partition coefficient (Wildman–Crippen LogP) is 2.56. The van der Waals surface area contributed by atoms with Crippen LogP contribution in [0.2, 0.25) is 0 Å². The van der Waals surface area contributed by atoms with E-state index in [9.17, 15) is 4.79 Å². The Kier molecular flexibility index (Phi) is 4.67. The maximum atomic E-state index is 10.7. The van der Waals surface area contributed by atoms with Crippen LogP contribution in [0.15, 0.2) is 23.4 Å². The monoisotopic (exact) mass is 294 g/mol. The van der Waals surface area contributed by atoms with Gasteiger partial charge in [-0.25, -0.2) is 4.98 Å². The van der Waals surface area contributed by atoms with Gasteiger partial charge in [0, 0.05) is 7.11 Å². The zero-order valence-corrected chi connectivity index (χ0v) is 12.6. The van der Waals surface area contributed by atoms with E-state index >= 15 is 0 Å². The summed E-state index contributed by atoms with van der Waals surface area (Å²) >= 11 is 1.24. The summed E-state index contributed by atoms with van der Waals surface area (Å²) in [7, 11) is 1.66. The minimum absolute atomic E-state index is 0.00364. The third-order valence-electron chi connectivity index (χ3n) is 3.04. The molecular weight excluding hydrogens is 276 g/mol. The van der Waals surface area contributed by atoms with Gasteiger partial charge in [-0.2, -0.15) is 0 Å². The summed E-state index contributed by atoms with van der Waals surface area (Å²) in [4.78, 5) is 15.3. The normalized spacial score (nSPS) is 12.8. The molecule has 0 bridgehead atoms. The molecule has 1 unspecified atom stereocenters. The molecule has 0 aliphatic heterocycles. The van der Waals surface area contributed by atoms with Gasteiger partial charge in [-0.3, -0.25) is 4.79 Å².